The minimum Gasteiger partial charge on any atom is -0.470 e. The number of nitrogens with two attached hydrogens (primary N) is 1. The Morgan fingerprint density at radius 3 is 2.59 bits per heavy atom. The number of anilines is 1. The summed E-state index contributed by atoms with van der Waals surface area (Å²) in [6.07, 6.45) is 2.04. The highest BCUT2D eigenvalue weighted by Crippen LogP contribution is 2.30. The van der Waals surface area contributed by atoms with Gasteiger partial charge in [-0.05, 0) is 57.9 Å². The zero-order chi connectivity index (χ0) is 20.8. The minimum atomic E-state index is -0.467. The number of amides is 1. The van der Waals surface area contributed by atoms with Gasteiger partial charge in [0.05, 0.1) is 21.8 Å². The van der Waals surface area contributed by atoms with Gasteiger partial charge in [0.15, 0.2) is 5.52 Å². The first kappa shape index (κ1) is 19.4. The van der Waals surface area contributed by atoms with E-state index in [4.69, 9.17) is 22.1 Å². The summed E-state index contributed by atoms with van der Waals surface area (Å²) in [6.45, 7) is 5.77. The van der Waals surface area contributed by atoms with Gasteiger partial charge in [-0.15, -0.1) is 0 Å². The molecule has 2 aromatic heterocycles. The van der Waals surface area contributed by atoms with E-state index in [2.05, 4.69) is 20.3 Å². The average Bonchev–Trinajstić information content (AvgIpc) is 3.43. The molecule has 2 heterocycles. The van der Waals surface area contributed by atoms with Gasteiger partial charge in [-0.1, -0.05) is 17.7 Å². The number of carbonyl (C=O) groups excluding carboxylic acids is 1. The van der Waals surface area contributed by atoms with E-state index in [0.29, 0.717) is 33.2 Å². The van der Waals surface area contributed by atoms with Gasteiger partial charge in [0.2, 0.25) is 11.8 Å². The number of benzene rings is 1. The molecule has 29 heavy (non-hydrogen) atoms. The summed E-state index contributed by atoms with van der Waals surface area (Å²) in [7, 11) is 0. The zero-order valence-electron chi connectivity index (χ0n) is 16.5. The van der Waals surface area contributed by atoms with Crippen molar-refractivity contribution in [3.8, 4) is 17.1 Å². The molecule has 1 saturated carbocycles. The summed E-state index contributed by atoms with van der Waals surface area (Å²) in [5.74, 6) is 0.300. The molecule has 0 radical (unpaired) electrons. The quantitative estimate of drug-likeness (QED) is 0.672. The number of nitrogen functional groups attached to an aromatic ring is 1. The van der Waals surface area contributed by atoms with Crippen molar-refractivity contribution in [1.29, 1.82) is 0 Å². The van der Waals surface area contributed by atoms with Crippen LogP contribution >= 0.6 is 11.6 Å². The molecule has 4 rings (SSSR count). The summed E-state index contributed by atoms with van der Waals surface area (Å²) in [6, 6.07) is 9.18. The highest BCUT2D eigenvalue weighted by atomic mass is 35.5. The fourth-order valence-corrected chi connectivity index (χ4v) is 3.14. The van der Waals surface area contributed by atoms with E-state index in [9.17, 15) is 4.79 Å². The molecule has 1 aliphatic carbocycles. The maximum absolute atomic E-state index is 12.3. The van der Waals surface area contributed by atoms with Crippen molar-refractivity contribution in [2.75, 3.05) is 5.73 Å². The highest BCUT2D eigenvalue weighted by Gasteiger charge is 2.25. The van der Waals surface area contributed by atoms with E-state index in [1.54, 1.807) is 12.1 Å². The molecule has 0 unspecified atom stereocenters. The second-order valence-corrected chi connectivity index (χ2v) is 8.52. The first-order valence-electron chi connectivity index (χ1n) is 9.44. The molecule has 0 spiro atoms. The summed E-state index contributed by atoms with van der Waals surface area (Å²) in [4.78, 5) is 25.4. The van der Waals surface area contributed by atoms with Gasteiger partial charge in [0.1, 0.15) is 5.60 Å². The number of halogens is 1. The molecule has 1 amide bonds. The van der Waals surface area contributed by atoms with E-state index < -0.39 is 5.60 Å². The maximum atomic E-state index is 12.3. The van der Waals surface area contributed by atoms with Crippen LogP contribution in [0.2, 0.25) is 5.02 Å². The monoisotopic (exact) mass is 411 g/mol. The molecule has 0 aliphatic heterocycles. The molecule has 1 aromatic carbocycles. The molecule has 0 saturated heterocycles. The second-order valence-electron chi connectivity index (χ2n) is 8.11. The van der Waals surface area contributed by atoms with Gasteiger partial charge < -0.3 is 15.8 Å². The van der Waals surface area contributed by atoms with Crippen LogP contribution in [-0.2, 0) is 0 Å². The Hall–Kier alpha value is -2.93. The topological polar surface area (TPSA) is 103 Å². The van der Waals surface area contributed by atoms with Crippen molar-refractivity contribution < 1.29 is 9.53 Å². The van der Waals surface area contributed by atoms with E-state index in [1.807, 2.05) is 39.0 Å². The lowest BCUT2D eigenvalue weighted by Gasteiger charge is -2.21. The largest absolute Gasteiger partial charge is 0.470 e. The molecule has 3 aromatic rings. The number of hydrogen-bond donors (Lipinski definition) is 2. The van der Waals surface area contributed by atoms with E-state index in [0.717, 1.165) is 18.4 Å². The fraction of sp³-hybridized carbons (Fsp3) is 0.333. The minimum absolute atomic E-state index is 0.125. The van der Waals surface area contributed by atoms with Crippen LogP contribution in [0, 0.1) is 0 Å². The third kappa shape index (κ3) is 4.40. The van der Waals surface area contributed by atoms with Crippen LogP contribution in [0.4, 0.5) is 5.95 Å². The summed E-state index contributed by atoms with van der Waals surface area (Å²) in [5, 5.41) is 3.32. The summed E-state index contributed by atoms with van der Waals surface area (Å²) in [5.41, 5.74) is 8.34. The molecule has 150 valence electrons. The van der Waals surface area contributed by atoms with Gasteiger partial charge in [-0.2, -0.15) is 4.98 Å². The van der Waals surface area contributed by atoms with Crippen LogP contribution in [-0.4, -0.2) is 32.5 Å². The van der Waals surface area contributed by atoms with Crippen molar-refractivity contribution in [3.05, 3.63) is 40.9 Å². The van der Waals surface area contributed by atoms with Crippen LogP contribution in [0.15, 0.2) is 30.3 Å². The highest BCUT2D eigenvalue weighted by molar-refractivity contribution is 6.34. The number of rotatable bonds is 4. The lowest BCUT2D eigenvalue weighted by Crippen LogP contribution is -2.25. The first-order chi connectivity index (χ1) is 13.7. The molecule has 1 fully saturated rings. The van der Waals surface area contributed by atoms with E-state index in [1.165, 1.54) is 0 Å². The van der Waals surface area contributed by atoms with Crippen molar-refractivity contribution in [2.24, 2.45) is 0 Å². The average molecular weight is 412 g/mol. The van der Waals surface area contributed by atoms with Crippen molar-refractivity contribution in [2.45, 2.75) is 45.3 Å². The summed E-state index contributed by atoms with van der Waals surface area (Å²) >= 11 is 6.38. The number of fused-ring (bicyclic) bond motifs is 1. The Morgan fingerprint density at radius 2 is 1.93 bits per heavy atom. The standard InChI is InChI=1S/C21H22ClN5O2/c1-21(2,3)29-19-17-16(26-20(23)27-19)9-8-15(25-17)11-4-7-13(14(22)10-11)18(28)24-12-5-6-12/h4,7-10,12H,5-6H2,1-3H3,(H,24,28)(H2,23,26,27). The zero-order valence-corrected chi connectivity index (χ0v) is 17.2. The Morgan fingerprint density at radius 1 is 1.17 bits per heavy atom. The van der Waals surface area contributed by atoms with Crippen LogP contribution in [0.5, 0.6) is 5.88 Å². The number of nitrogens with one attached hydrogen (secondary N) is 1. The normalized spacial score (nSPS) is 14.1. The van der Waals surface area contributed by atoms with Crippen molar-refractivity contribution in [1.82, 2.24) is 20.3 Å². The predicted molar refractivity (Wildman–Crippen MR) is 113 cm³/mol. The molecule has 7 nitrogen and oxygen atoms in total. The van der Waals surface area contributed by atoms with Gasteiger partial charge in [-0.25, -0.2) is 9.97 Å². The second kappa shape index (κ2) is 7.15. The molecule has 0 atom stereocenters. The Kier molecular flexibility index (Phi) is 4.78. The van der Waals surface area contributed by atoms with Gasteiger partial charge in [0.25, 0.3) is 5.91 Å². The van der Waals surface area contributed by atoms with Crippen LogP contribution in [0.3, 0.4) is 0 Å². The Balaban J connectivity index is 1.72. The Labute approximate surface area is 173 Å². The first-order valence-corrected chi connectivity index (χ1v) is 9.81. The molecular weight excluding hydrogens is 390 g/mol. The third-order valence-electron chi connectivity index (χ3n) is 4.35. The van der Waals surface area contributed by atoms with E-state index in [-0.39, 0.29) is 17.9 Å². The van der Waals surface area contributed by atoms with Crippen molar-refractivity contribution in [3.63, 3.8) is 0 Å². The van der Waals surface area contributed by atoms with Crippen LogP contribution in [0.25, 0.3) is 22.3 Å². The van der Waals surface area contributed by atoms with Crippen LogP contribution in [0.1, 0.15) is 44.0 Å². The number of pyridine rings is 1. The lowest BCUT2D eigenvalue weighted by atomic mass is 10.1. The van der Waals surface area contributed by atoms with Crippen molar-refractivity contribution >= 4 is 34.5 Å². The predicted octanol–water partition coefficient (Wildman–Crippen LogP) is 4.00. The molecule has 3 N–H and O–H groups in total. The molecule has 0 bridgehead atoms. The van der Waals surface area contributed by atoms with Gasteiger partial charge >= 0.3 is 0 Å². The lowest BCUT2D eigenvalue weighted by molar-refractivity contribution is 0.0951. The van der Waals surface area contributed by atoms with Gasteiger partial charge in [-0.3, -0.25) is 4.79 Å². The fourth-order valence-electron chi connectivity index (χ4n) is 2.88. The third-order valence-corrected chi connectivity index (χ3v) is 4.67. The molecule has 1 aliphatic rings. The number of aromatic nitrogens is 3. The number of nitrogens with zero attached hydrogens (tertiary/aromatic N) is 3. The van der Waals surface area contributed by atoms with Gasteiger partial charge in [0, 0.05) is 11.6 Å². The number of carbonyl (C=O) groups is 1. The number of ether oxygens (including phenoxy) is 1. The SMILES string of the molecule is CC(C)(C)Oc1nc(N)nc2ccc(-c3ccc(C(=O)NC4CC4)c(Cl)c3)nc12. The molecular formula is C21H22ClN5O2. The van der Waals surface area contributed by atoms with Crippen LogP contribution < -0.4 is 15.8 Å². The maximum Gasteiger partial charge on any atom is 0.253 e. The molecule has 8 heteroatoms. The number of hydrogen-bond acceptors (Lipinski definition) is 6. The summed E-state index contributed by atoms with van der Waals surface area (Å²) < 4.78 is 5.93. The smallest absolute Gasteiger partial charge is 0.253 e. The Bertz CT molecular complexity index is 1110. The van der Waals surface area contributed by atoms with E-state index >= 15 is 0 Å².